The Morgan fingerprint density at radius 2 is 2.22 bits per heavy atom. The standard InChI is InChI=1S/C13H21N5/c1-4-13(2,6-7-14)17-12-11-10(5-8-15-12)18(3)9-16-11/h5,8-9H,4,6-7,14H2,1-3H3,(H,15,17). The van der Waals surface area contributed by atoms with Gasteiger partial charge in [0.15, 0.2) is 5.82 Å². The molecule has 3 N–H and O–H groups in total. The van der Waals surface area contributed by atoms with E-state index in [2.05, 4.69) is 29.1 Å². The lowest BCUT2D eigenvalue weighted by Crippen LogP contribution is -2.36. The van der Waals surface area contributed by atoms with Gasteiger partial charge in [-0.05, 0) is 32.4 Å². The highest BCUT2D eigenvalue weighted by Gasteiger charge is 2.22. The number of rotatable bonds is 5. The molecule has 5 nitrogen and oxygen atoms in total. The number of pyridine rings is 1. The van der Waals surface area contributed by atoms with Gasteiger partial charge in [0.1, 0.15) is 5.52 Å². The number of anilines is 1. The van der Waals surface area contributed by atoms with E-state index >= 15 is 0 Å². The average Bonchev–Trinajstić information content (AvgIpc) is 2.73. The minimum atomic E-state index is -0.0342. The van der Waals surface area contributed by atoms with Gasteiger partial charge in [-0.3, -0.25) is 0 Å². The molecule has 18 heavy (non-hydrogen) atoms. The number of nitrogens with zero attached hydrogens (tertiary/aromatic N) is 3. The molecule has 1 unspecified atom stereocenters. The van der Waals surface area contributed by atoms with Gasteiger partial charge < -0.3 is 15.6 Å². The van der Waals surface area contributed by atoms with E-state index in [1.54, 1.807) is 0 Å². The van der Waals surface area contributed by atoms with Crippen molar-refractivity contribution in [3.8, 4) is 0 Å². The van der Waals surface area contributed by atoms with Gasteiger partial charge in [0, 0.05) is 18.8 Å². The molecule has 0 aliphatic carbocycles. The van der Waals surface area contributed by atoms with Crippen molar-refractivity contribution in [3.05, 3.63) is 18.6 Å². The van der Waals surface area contributed by atoms with Crippen molar-refractivity contribution in [2.24, 2.45) is 12.8 Å². The lowest BCUT2D eigenvalue weighted by molar-refractivity contribution is 0.462. The molecule has 2 aromatic rings. The first kappa shape index (κ1) is 12.8. The molecule has 0 bridgehead atoms. The zero-order chi connectivity index (χ0) is 13.2. The van der Waals surface area contributed by atoms with Crippen LogP contribution in [0.25, 0.3) is 11.0 Å². The number of imidazole rings is 1. The third-order valence-electron chi connectivity index (χ3n) is 3.54. The molecule has 0 aliphatic heterocycles. The van der Waals surface area contributed by atoms with E-state index < -0.39 is 0 Å². The van der Waals surface area contributed by atoms with Crippen LogP contribution in [0.5, 0.6) is 0 Å². The van der Waals surface area contributed by atoms with Crippen molar-refractivity contribution in [3.63, 3.8) is 0 Å². The SMILES string of the molecule is CCC(C)(CCN)Nc1nccc2c1ncn2C. The normalized spacial score (nSPS) is 14.7. The summed E-state index contributed by atoms with van der Waals surface area (Å²) in [7, 11) is 1.98. The Morgan fingerprint density at radius 1 is 1.44 bits per heavy atom. The highest BCUT2D eigenvalue weighted by Crippen LogP contribution is 2.25. The molecule has 0 fully saturated rings. The third kappa shape index (κ3) is 2.31. The number of nitrogens with one attached hydrogen (secondary N) is 1. The summed E-state index contributed by atoms with van der Waals surface area (Å²) >= 11 is 0. The van der Waals surface area contributed by atoms with Crippen LogP contribution in [0.4, 0.5) is 5.82 Å². The van der Waals surface area contributed by atoms with Crippen molar-refractivity contribution in [1.82, 2.24) is 14.5 Å². The smallest absolute Gasteiger partial charge is 0.154 e. The van der Waals surface area contributed by atoms with Crippen molar-refractivity contribution < 1.29 is 0 Å². The average molecular weight is 247 g/mol. The Morgan fingerprint density at radius 3 is 2.89 bits per heavy atom. The van der Waals surface area contributed by atoms with Crippen LogP contribution in [0.3, 0.4) is 0 Å². The summed E-state index contributed by atoms with van der Waals surface area (Å²) in [5.74, 6) is 0.839. The number of fused-ring (bicyclic) bond motifs is 1. The summed E-state index contributed by atoms with van der Waals surface area (Å²) in [6, 6.07) is 1.97. The summed E-state index contributed by atoms with van der Waals surface area (Å²) in [6.07, 6.45) is 5.53. The predicted molar refractivity (Wildman–Crippen MR) is 74.5 cm³/mol. The fourth-order valence-corrected chi connectivity index (χ4v) is 2.09. The molecule has 0 saturated heterocycles. The lowest BCUT2D eigenvalue weighted by Gasteiger charge is -2.29. The maximum absolute atomic E-state index is 5.68. The van der Waals surface area contributed by atoms with Gasteiger partial charge in [0.25, 0.3) is 0 Å². The van der Waals surface area contributed by atoms with E-state index in [1.165, 1.54) is 0 Å². The Labute approximate surface area is 107 Å². The maximum atomic E-state index is 5.68. The molecule has 0 amide bonds. The van der Waals surface area contributed by atoms with Gasteiger partial charge in [0.2, 0.25) is 0 Å². The van der Waals surface area contributed by atoms with Gasteiger partial charge in [0.05, 0.1) is 11.8 Å². The lowest BCUT2D eigenvalue weighted by atomic mass is 9.94. The number of aryl methyl sites for hydroxylation is 1. The van der Waals surface area contributed by atoms with Crippen LogP contribution in [-0.2, 0) is 7.05 Å². The summed E-state index contributed by atoms with van der Waals surface area (Å²) in [6.45, 7) is 4.99. The Hall–Kier alpha value is -1.62. The van der Waals surface area contributed by atoms with Crippen molar-refractivity contribution in [2.75, 3.05) is 11.9 Å². The van der Waals surface area contributed by atoms with Crippen molar-refractivity contribution in [2.45, 2.75) is 32.2 Å². The molecule has 5 heteroatoms. The van der Waals surface area contributed by atoms with Crippen LogP contribution in [0.1, 0.15) is 26.7 Å². The molecule has 0 spiro atoms. The Balaban J connectivity index is 2.36. The second-order valence-corrected chi connectivity index (χ2v) is 4.96. The second kappa shape index (κ2) is 4.94. The van der Waals surface area contributed by atoms with Gasteiger partial charge in [-0.25, -0.2) is 9.97 Å². The topological polar surface area (TPSA) is 68.8 Å². The fraction of sp³-hybridized carbons (Fsp3) is 0.538. The van der Waals surface area contributed by atoms with Gasteiger partial charge in [-0.1, -0.05) is 6.92 Å². The van der Waals surface area contributed by atoms with Crippen LogP contribution in [0.15, 0.2) is 18.6 Å². The molecular formula is C13H21N5. The monoisotopic (exact) mass is 247 g/mol. The highest BCUT2D eigenvalue weighted by molar-refractivity contribution is 5.86. The van der Waals surface area contributed by atoms with E-state index in [9.17, 15) is 0 Å². The van der Waals surface area contributed by atoms with Crippen LogP contribution in [0.2, 0.25) is 0 Å². The van der Waals surface area contributed by atoms with E-state index in [4.69, 9.17) is 5.73 Å². The molecule has 2 rings (SSSR count). The third-order valence-corrected chi connectivity index (χ3v) is 3.54. The number of hydrogen-bond acceptors (Lipinski definition) is 4. The van der Waals surface area contributed by atoms with E-state index in [0.717, 1.165) is 29.7 Å². The Kier molecular flexibility index (Phi) is 3.52. The zero-order valence-corrected chi connectivity index (χ0v) is 11.3. The van der Waals surface area contributed by atoms with Crippen molar-refractivity contribution in [1.29, 1.82) is 0 Å². The van der Waals surface area contributed by atoms with Crippen LogP contribution < -0.4 is 11.1 Å². The molecule has 0 saturated carbocycles. The van der Waals surface area contributed by atoms with Crippen LogP contribution in [-0.4, -0.2) is 26.6 Å². The molecule has 0 aliphatic rings. The predicted octanol–water partition coefficient (Wildman–Crippen LogP) is 1.90. The molecular weight excluding hydrogens is 226 g/mol. The molecule has 2 aromatic heterocycles. The molecule has 1 atom stereocenters. The minimum absolute atomic E-state index is 0.0342. The van der Waals surface area contributed by atoms with Crippen LogP contribution in [0, 0.1) is 0 Å². The molecule has 98 valence electrons. The van der Waals surface area contributed by atoms with Gasteiger partial charge in [-0.15, -0.1) is 0 Å². The number of aromatic nitrogens is 3. The fourth-order valence-electron chi connectivity index (χ4n) is 2.09. The number of nitrogens with two attached hydrogens (primary N) is 1. The van der Waals surface area contributed by atoms with Crippen LogP contribution >= 0.6 is 0 Å². The first-order valence-electron chi connectivity index (χ1n) is 6.34. The first-order chi connectivity index (χ1) is 8.59. The minimum Gasteiger partial charge on any atom is -0.363 e. The summed E-state index contributed by atoms with van der Waals surface area (Å²) in [4.78, 5) is 8.81. The molecule has 0 radical (unpaired) electrons. The number of hydrogen-bond donors (Lipinski definition) is 2. The van der Waals surface area contributed by atoms with Crippen molar-refractivity contribution >= 4 is 16.9 Å². The largest absolute Gasteiger partial charge is 0.363 e. The highest BCUT2D eigenvalue weighted by atomic mass is 15.1. The summed E-state index contributed by atoms with van der Waals surface area (Å²) < 4.78 is 1.99. The zero-order valence-electron chi connectivity index (χ0n) is 11.3. The summed E-state index contributed by atoms with van der Waals surface area (Å²) in [5.41, 5.74) is 7.64. The van der Waals surface area contributed by atoms with E-state index in [0.29, 0.717) is 6.54 Å². The summed E-state index contributed by atoms with van der Waals surface area (Å²) in [5, 5.41) is 3.50. The van der Waals surface area contributed by atoms with E-state index in [1.807, 2.05) is 30.2 Å². The van der Waals surface area contributed by atoms with Gasteiger partial charge >= 0.3 is 0 Å². The maximum Gasteiger partial charge on any atom is 0.154 e. The van der Waals surface area contributed by atoms with E-state index in [-0.39, 0.29) is 5.54 Å². The second-order valence-electron chi connectivity index (χ2n) is 4.96. The molecule has 2 heterocycles. The quantitative estimate of drug-likeness (QED) is 0.846. The Bertz CT molecular complexity index is 533. The van der Waals surface area contributed by atoms with Gasteiger partial charge in [-0.2, -0.15) is 0 Å². The first-order valence-corrected chi connectivity index (χ1v) is 6.34. The molecule has 0 aromatic carbocycles.